The number of aliphatic carboxylic acids is 1. The summed E-state index contributed by atoms with van der Waals surface area (Å²) < 4.78 is 6.18. The van der Waals surface area contributed by atoms with E-state index in [1.165, 1.54) is 0 Å². The molecular formula is C15H21NO3. The summed E-state index contributed by atoms with van der Waals surface area (Å²) >= 11 is 0. The summed E-state index contributed by atoms with van der Waals surface area (Å²) in [5.41, 5.74) is 1.72. The molecule has 0 amide bonds. The van der Waals surface area contributed by atoms with Gasteiger partial charge in [-0.05, 0) is 37.5 Å². The van der Waals surface area contributed by atoms with Crippen molar-refractivity contribution in [3.8, 4) is 5.75 Å². The molecule has 1 aromatic carbocycles. The van der Waals surface area contributed by atoms with Crippen LogP contribution in [0.25, 0.3) is 0 Å². The van der Waals surface area contributed by atoms with E-state index >= 15 is 0 Å². The molecule has 0 atom stereocenters. The Morgan fingerprint density at radius 2 is 2.11 bits per heavy atom. The predicted octanol–water partition coefficient (Wildman–Crippen LogP) is 2.84. The normalized spacial score (nSPS) is 16.7. The van der Waals surface area contributed by atoms with E-state index in [2.05, 4.69) is 13.8 Å². The first-order valence-electron chi connectivity index (χ1n) is 6.76. The summed E-state index contributed by atoms with van der Waals surface area (Å²) in [4.78, 5) is 13.0. The van der Waals surface area contributed by atoms with Gasteiger partial charge in [0.25, 0.3) is 0 Å². The number of aryl methyl sites for hydroxylation is 1. The molecule has 1 aliphatic rings. The van der Waals surface area contributed by atoms with Gasteiger partial charge >= 0.3 is 5.97 Å². The molecule has 19 heavy (non-hydrogen) atoms. The lowest BCUT2D eigenvalue weighted by Crippen LogP contribution is -2.51. The number of benzene rings is 1. The van der Waals surface area contributed by atoms with E-state index in [1.807, 2.05) is 30.0 Å². The van der Waals surface area contributed by atoms with Gasteiger partial charge in [0, 0.05) is 0 Å². The van der Waals surface area contributed by atoms with E-state index in [9.17, 15) is 4.79 Å². The summed E-state index contributed by atoms with van der Waals surface area (Å²) in [6.45, 7) is 6.83. The van der Waals surface area contributed by atoms with Crippen LogP contribution < -0.4 is 9.64 Å². The Labute approximate surface area is 114 Å². The first-order chi connectivity index (χ1) is 8.99. The summed E-state index contributed by atoms with van der Waals surface area (Å²) in [5, 5.41) is 9.08. The Morgan fingerprint density at radius 1 is 1.42 bits per heavy atom. The van der Waals surface area contributed by atoms with Gasteiger partial charge in [0.2, 0.25) is 0 Å². The number of rotatable bonds is 4. The highest BCUT2D eigenvalue weighted by Crippen LogP contribution is 2.40. The van der Waals surface area contributed by atoms with Crippen molar-refractivity contribution >= 4 is 11.7 Å². The Morgan fingerprint density at radius 3 is 2.68 bits per heavy atom. The minimum Gasteiger partial charge on any atom is -0.483 e. The van der Waals surface area contributed by atoms with Crippen LogP contribution in [-0.4, -0.2) is 29.8 Å². The average molecular weight is 263 g/mol. The smallest absolute Gasteiger partial charge is 0.323 e. The van der Waals surface area contributed by atoms with Gasteiger partial charge in [0.05, 0.1) is 12.2 Å². The summed E-state index contributed by atoms with van der Waals surface area (Å²) in [7, 11) is 0. The molecule has 1 aliphatic heterocycles. The van der Waals surface area contributed by atoms with Gasteiger partial charge in [-0.2, -0.15) is 0 Å². The molecule has 0 saturated carbocycles. The highest BCUT2D eigenvalue weighted by molar-refractivity contribution is 5.76. The van der Waals surface area contributed by atoms with Gasteiger partial charge in [0.1, 0.15) is 17.9 Å². The lowest BCUT2D eigenvalue weighted by atomic mass is 9.93. The van der Waals surface area contributed by atoms with Crippen molar-refractivity contribution in [3.05, 3.63) is 23.8 Å². The number of hydrogen-bond donors (Lipinski definition) is 1. The van der Waals surface area contributed by atoms with Crippen molar-refractivity contribution in [3.63, 3.8) is 0 Å². The van der Waals surface area contributed by atoms with E-state index in [4.69, 9.17) is 9.84 Å². The molecule has 0 unspecified atom stereocenters. The van der Waals surface area contributed by atoms with E-state index in [0.717, 1.165) is 29.8 Å². The van der Waals surface area contributed by atoms with Crippen LogP contribution >= 0.6 is 0 Å². The number of carboxylic acid groups (broad SMARTS) is 1. The maximum Gasteiger partial charge on any atom is 0.323 e. The van der Waals surface area contributed by atoms with Crippen molar-refractivity contribution < 1.29 is 14.6 Å². The zero-order valence-corrected chi connectivity index (χ0v) is 11.8. The number of ether oxygens (including phenoxy) is 1. The largest absolute Gasteiger partial charge is 0.483 e. The lowest BCUT2D eigenvalue weighted by Gasteiger charge is -2.43. The molecule has 0 spiro atoms. The quantitative estimate of drug-likeness (QED) is 0.907. The van der Waals surface area contributed by atoms with Crippen LogP contribution in [0.15, 0.2) is 18.2 Å². The highest BCUT2D eigenvalue weighted by Gasteiger charge is 2.37. The van der Waals surface area contributed by atoms with Gasteiger partial charge in [0.15, 0.2) is 0 Å². The van der Waals surface area contributed by atoms with E-state index in [1.54, 1.807) is 0 Å². The van der Waals surface area contributed by atoms with Crippen molar-refractivity contribution in [1.29, 1.82) is 0 Å². The van der Waals surface area contributed by atoms with Crippen molar-refractivity contribution in [2.75, 3.05) is 18.0 Å². The topological polar surface area (TPSA) is 49.8 Å². The molecule has 0 saturated heterocycles. The van der Waals surface area contributed by atoms with Crippen molar-refractivity contribution in [1.82, 2.24) is 0 Å². The minimum absolute atomic E-state index is 0.0151. The van der Waals surface area contributed by atoms with Gasteiger partial charge in [-0.15, -0.1) is 0 Å². The van der Waals surface area contributed by atoms with Crippen LogP contribution in [0.2, 0.25) is 0 Å². The molecule has 2 rings (SSSR count). The van der Waals surface area contributed by atoms with Gasteiger partial charge in [-0.25, -0.2) is 0 Å². The van der Waals surface area contributed by atoms with E-state index < -0.39 is 5.97 Å². The first-order valence-corrected chi connectivity index (χ1v) is 6.76. The molecule has 0 aromatic heterocycles. The standard InChI is InChI=1S/C15H21NO3/c1-4-15(5-2)10-16(9-14(17)18)12-7-6-11(3)8-13(12)19-15/h6-8H,4-5,9-10H2,1-3H3,(H,17,18). The summed E-state index contributed by atoms with van der Waals surface area (Å²) in [5.74, 6) is -0.00858. The first kappa shape index (κ1) is 13.7. The van der Waals surface area contributed by atoms with Crippen LogP contribution in [0.4, 0.5) is 5.69 Å². The van der Waals surface area contributed by atoms with Crippen LogP contribution in [0.5, 0.6) is 5.75 Å². The molecular weight excluding hydrogens is 242 g/mol. The lowest BCUT2D eigenvalue weighted by molar-refractivity contribution is -0.135. The number of carbonyl (C=O) groups is 1. The molecule has 4 heteroatoms. The third-order valence-electron chi connectivity index (χ3n) is 3.88. The van der Waals surface area contributed by atoms with Crippen molar-refractivity contribution in [2.45, 2.75) is 39.2 Å². The number of carboxylic acids is 1. The van der Waals surface area contributed by atoms with Gasteiger partial charge in [-0.1, -0.05) is 19.9 Å². The second kappa shape index (κ2) is 5.11. The van der Waals surface area contributed by atoms with Crippen molar-refractivity contribution in [2.24, 2.45) is 0 Å². The maximum atomic E-state index is 11.0. The number of nitrogens with zero attached hydrogens (tertiary/aromatic N) is 1. The molecule has 0 aliphatic carbocycles. The molecule has 0 radical (unpaired) electrons. The van der Waals surface area contributed by atoms with Crippen LogP contribution in [0.3, 0.4) is 0 Å². The van der Waals surface area contributed by atoms with E-state index in [0.29, 0.717) is 6.54 Å². The second-order valence-electron chi connectivity index (χ2n) is 5.21. The number of hydrogen-bond acceptors (Lipinski definition) is 3. The Kier molecular flexibility index (Phi) is 3.69. The Hall–Kier alpha value is -1.71. The maximum absolute atomic E-state index is 11.0. The van der Waals surface area contributed by atoms with Crippen LogP contribution in [0.1, 0.15) is 32.3 Å². The fourth-order valence-electron chi connectivity index (χ4n) is 2.59. The summed E-state index contributed by atoms with van der Waals surface area (Å²) in [6.07, 6.45) is 1.74. The third kappa shape index (κ3) is 2.67. The van der Waals surface area contributed by atoms with Crippen LogP contribution in [-0.2, 0) is 4.79 Å². The summed E-state index contributed by atoms with van der Waals surface area (Å²) in [6, 6.07) is 5.92. The Balaban J connectivity index is 2.42. The zero-order chi connectivity index (χ0) is 14.0. The predicted molar refractivity (Wildman–Crippen MR) is 75.0 cm³/mol. The van der Waals surface area contributed by atoms with Gasteiger partial charge in [-0.3, -0.25) is 4.79 Å². The molecule has 4 nitrogen and oxygen atoms in total. The molecule has 1 N–H and O–H groups in total. The van der Waals surface area contributed by atoms with Crippen LogP contribution in [0, 0.1) is 6.92 Å². The monoisotopic (exact) mass is 263 g/mol. The average Bonchev–Trinajstić information content (AvgIpc) is 2.37. The van der Waals surface area contributed by atoms with Gasteiger partial charge < -0.3 is 14.7 Å². The number of anilines is 1. The molecule has 0 bridgehead atoms. The molecule has 1 aromatic rings. The molecule has 0 fully saturated rings. The van der Waals surface area contributed by atoms with E-state index in [-0.39, 0.29) is 12.1 Å². The zero-order valence-electron chi connectivity index (χ0n) is 11.8. The highest BCUT2D eigenvalue weighted by atomic mass is 16.5. The Bertz CT molecular complexity index is 480. The molecule has 104 valence electrons. The fraction of sp³-hybridized carbons (Fsp3) is 0.533. The molecule has 1 heterocycles. The second-order valence-corrected chi connectivity index (χ2v) is 5.21. The fourth-order valence-corrected chi connectivity index (χ4v) is 2.59. The minimum atomic E-state index is -0.811. The third-order valence-corrected chi connectivity index (χ3v) is 3.88. The number of fused-ring (bicyclic) bond motifs is 1. The SMILES string of the molecule is CCC1(CC)CN(CC(=O)O)c2ccc(C)cc2O1.